The zero-order chi connectivity index (χ0) is 16.0. The molecule has 0 saturated carbocycles. The first-order valence-corrected chi connectivity index (χ1v) is 7.35. The van der Waals surface area contributed by atoms with Gasteiger partial charge < -0.3 is 20.3 Å². The van der Waals surface area contributed by atoms with Crippen molar-refractivity contribution in [1.29, 1.82) is 0 Å². The van der Waals surface area contributed by atoms with Crippen molar-refractivity contribution < 1.29 is 4.74 Å². The van der Waals surface area contributed by atoms with Gasteiger partial charge in [-0.2, -0.15) is 15.0 Å². The van der Waals surface area contributed by atoms with Gasteiger partial charge in [-0.25, -0.2) is 0 Å². The average molecular weight is 296 g/mol. The third-order valence-corrected chi connectivity index (χ3v) is 2.65. The van der Waals surface area contributed by atoms with E-state index in [1.807, 2.05) is 27.9 Å². The van der Waals surface area contributed by atoms with Crippen molar-refractivity contribution in [3.63, 3.8) is 0 Å². The molecular weight excluding hydrogens is 268 g/mol. The first kappa shape index (κ1) is 17.4. The number of likely N-dealkylation sites (N-methyl/N-ethyl adjacent to an activating group) is 1. The molecule has 1 aromatic heterocycles. The summed E-state index contributed by atoms with van der Waals surface area (Å²) in [4.78, 5) is 16.9. The molecule has 0 atom stereocenters. The predicted octanol–water partition coefficient (Wildman–Crippen LogP) is 1.26. The lowest BCUT2D eigenvalue weighted by molar-refractivity contribution is 0.222. The number of nitrogen functional groups attached to an aromatic ring is 1. The Morgan fingerprint density at radius 3 is 2.24 bits per heavy atom. The summed E-state index contributed by atoms with van der Waals surface area (Å²) in [6, 6.07) is 0.283. The SMILES string of the molecule is CC(C)CN(CCN(C)C)c1nc(N)nc(OC(C)C)n1. The Hall–Kier alpha value is -1.63. The third-order valence-electron chi connectivity index (χ3n) is 2.65. The molecule has 0 fully saturated rings. The van der Waals surface area contributed by atoms with Crippen molar-refractivity contribution in [3.05, 3.63) is 0 Å². The minimum absolute atomic E-state index is 0.0000242. The molecule has 0 aliphatic rings. The summed E-state index contributed by atoms with van der Waals surface area (Å²) < 4.78 is 5.54. The maximum atomic E-state index is 5.78. The van der Waals surface area contributed by atoms with Crippen LogP contribution in [0.15, 0.2) is 0 Å². The molecule has 7 nitrogen and oxygen atoms in total. The van der Waals surface area contributed by atoms with Crippen molar-refractivity contribution in [2.45, 2.75) is 33.8 Å². The smallest absolute Gasteiger partial charge is 0.323 e. The molecule has 7 heteroatoms. The van der Waals surface area contributed by atoms with Crippen LogP contribution >= 0.6 is 0 Å². The molecule has 0 aliphatic carbocycles. The lowest BCUT2D eigenvalue weighted by Crippen LogP contribution is -2.36. The molecule has 0 spiro atoms. The molecule has 0 aliphatic heterocycles. The number of hydrogen-bond acceptors (Lipinski definition) is 7. The van der Waals surface area contributed by atoms with Gasteiger partial charge in [0.25, 0.3) is 0 Å². The van der Waals surface area contributed by atoms with E-state index in [2.05, 4.69) is 38.6 Å². The van der Waals surface area contributed by atoms with E-state index in [0.717, 1.165) is 19.6 Å². The number of anilines is 2. The molecule has 0 aromatic carbocycles. The van der Waals surface area contributed by atoms with Gasteiger partial charge >= 0.3 is 6.01 Å². The van der Waals surface area contributed by atoms with Crippen molar-refractivity contribution in [2.75, 3.05) is 44.4 Å². The number of hydrogen-bond donors (Lipinski definition) is 1. The second-order valence-corrected chi connectivity index (χ2v) is 6.09. The number of nitrogens with zero attached hydrogens (tertiary/aromatic N) is 5. The first-order chi connectivity index (χ1) is 9.77. The Morgan fingerprint density at radius 1 is 1.05 bits per heavy atom. The monoisotopic (exact) mass is 296 g/mol. The van der Waals surface area contributed by atoms with E-state index in [1.54, 1.807) is 0 Å². The van der Waals surface area contributed by atoms with Gasteiger partial charge in [0.1, 0.15) is 0 Å². The topological polar surface area (TPSA) is 80.4 Å². The van der Waals surface area contributed by atoms with E-state index in [9.17, 15) is 0 Å². The Labute approximate surface area is 127 Å². The number of aromatic nitrogens is 3. The van der Waals surface area contributed by atoms with E-state index in [-0.39, 0.29) is 18.1 Å². The van der Waals surface area contributed by atoms with Gasteiger partial charge in [-0.15, -0.1) is 0 Å². The third kappa shape index (κ3) is 6.57. The quantitative estimate of drug-likeness (QED) is 0.773. The van der Waals surface area contributed by atoms with Gasteiger partial charge in [0.05, 0.1) is 6.10 Å². The number of rotatable bonds is 8. The normalized spacial score (nSPS) is 11.5. The van der Waals surface area contributed by atoms with E-state index in [4.69, 9.17) is 10.5 Å². The van der Waals surface area contributed by atoms with Crippen molar-refractivity contribution in [2.24, 2.45) is 5.92 Å². The fourth-order valence-electron chi connectivity index (χ4n) is 1.80. The van der Waals surface area contributed by atoms with Gasteiger partial charge in [0, 0.05) is 19.6 Å². The Morgan fingerprint density at radius 2 is 1.71 bits per heavy atom. The molecule has 0 unspecified atom stereocenters. The number of nitrogens with two attached hydrogens (primary N) is 1. The molecule has 0 bridgehead atoms. The van der Waals surface area contributed by atoms with Crippen LogP contribution < -0.4 is 15.4 Å². The van der Waals surface area contributed by atoms with Crippen LogP contribution in [-0.4, -0.2) is 59.7 Å². The molecule has 1 aromatic rings. The van der Waals surface area contributed by atoms with Gasteiger partial charge in [0.15, 0.2) is 0 Å². The largest absolute Gasteiger partial charge is 0.461 e. The highest BCUT2D eigenvalue weighted by Crippen LogP contribution is 2.15. The van der Waals surface area contributed by atoms with Crippen LogP contribution in [0.1, 0.15) is 27.7 Å². The number of ether oxygens (including phenoxy) is 1. The Balaban J connectivity index is 2.96. The first-order valence-electron chi connectivity index (χ1n) is 7.35. The fraction of sp³-hybridized carbons (Fsp3) is 0.786. The van der Waals surface area contributed by atoms with Crippen LogP contribution in [0.4, 0.5) is 11.9 Å². The summed E-state index contributed by atoms with van der Waals surface area (Å²) in [5.74, 6) is 1.27. The highest BCUT2D eigenvalue weighted by atomic mass is 16.5. The lowest BCUT2D eigenvalue weighted by atomic mass is 10.2. The Kier molecular flexibility index (Phi) is 6.61. The maximum Gasteiger partial charge on any atom is 0.323 e. The molecule has 0 saturated heterocycles. The summed E-state index contributed by atoms with van der Waals surface area (Å²) in [5, 5.41) is 0. The van der Waals surface area contributed by atoms with Crippen molar-refractivity contribution in [3.8, 4) is 6.01 Å². The molecule has 21 heavy (non-hydrogen) atoms. The van der Waals surface area contributed by atoms with Crippen LogP contribution in [0.3, 0.4) is 0 Å². The summed E-state index contributed by atoms with van der Waals surface area (Å²) >= 11 is 0. The van der Waals surface area contributed by atoms with Gasteiger partial charge in [0.2, 0.25) is 11.9 Å². The van der Waals surface area contributed by atoms with Crippen LogP contribution in [0.25, 0.3) is 0 Å². The second kappa shape index (κ2) is 7.97. The standard InChI is InChI=1S/C14H28N6O/c1-10(2)9-20(8-7-19(5)6)13-16-12(15)17-14(18-13)21-11(3)4/h10-11H,7-9H2,1-6H3,(H2,15,16,17,18). The maximum absolute atomic E-state index is 5.78. The zero-order valence-corrected chi connectivity index (χ0v) is 14.0. The van der Waals surface area contributed by atoms with Gasteiger partial charge in [-0.3, -0.25) is 0 Å². The predicted molar refractivity (Wildman–Crippen MR) is 85.6 cm³/mol. The zero-order valence-electron chi connectivity index (χ0n) is 14.0. The van der Waals surface area contributed by atoms with E-state index in [0.29, 0.717) is 11.9 Å². The van der Waals surface area contributed by atoms with Crippen LogP contribution in [0.2, 0.25) is 0 Å². The highest BCUT2D eigenvalue weighted by Gasteiger charge is 2.15. The molecule has 120 valence electrons. The highest BCUT2D eigenvalue weighted by molar-refractivity contribution is 5.36. The van der Waals surface area contributed by atoms with Crippen LogP contribution in [0.5, 0.6) is 6.01 Å². The van der Waals surface area contributed by atoms with E-state index in [1.165, 1.54) is 0 Å². The minimum Gasteiger partial charge on any atom is -0.461 e. The van der Waals surface area contributed by atoms with E-state index >= 15 is 0 Å². The molecule has 2 N–H and O–H groups in total. The van der Waals surface area contributed by atoms with Crippen LogP contribution in [0, 0.1) is 5.92 Å². The molecule has 1 heterocycles. The molecule has 0 amide bonds. The summed E-state index contributed by atoms with van der Waals surface area (Å²) in [7, 11) is 4.09. The lowest BCUT2D eigenvalue weighted by Gasteiger charge is -2.26. The van der Waals surface area contributed by atoms with Crippen molar-refractivity contribution in [1.82, 2.24) is 19.9 Å². The summed E-state index contributed by atoms with van der Waals surface area (Å²) in [6.07, 6.45) is -0.0000242. The second-order valence-electron chi connectivity index (χ2n) is 6.09. The summed E-state index contributed by atoms with van der Waals surface area (Å²) in [5.41, 5.74) is 5.78. The summed E-state index contributed by atoms with van der Waals surface area (Å²) in [6.45, 7) is 10.8. The molecule has 0 radical (unpaired) electrons. The van der Waals surface area contributed by atoms with Gasteiger partial charge in [-0.05, 0) is 33.9 Å². The molecular formula is C14H28N6O. The molecule has 1 rings (SSSR count). The van der Waals surface area contributed by atoms with E-state index < -0.39 is 0 Å². The Bertz CT molecular complexity index is 435. The van der Waals surface area contributed by atoms with Gasteiger partial charge in [-0.1, -0.05) is 13.8 Å². The van der Waals surface area contributed by atoms with Crippen molar-refractivity contribution >= 4 is 11.9 Å². The minimum atomic E-state index is -0.0000242. The fourth-order valence-corrected chi connectivity index (χ4v) is 1.80. The average Bonchev–Trinajstić information content (AvgIpc) is 2.32. The van der Waals surface area contributed by atoms with Crippen LogP contribution in [-0.2, 0) is 0 Å².